The molecule has 0 aliphatic rings. The van der Waals surface area contributed by atoms with Crippen LogP contribution in [0.4, 0.5) is 0 Å². The lowest BCUT2D eigenvalue weighted by Gasteiger charge is -2.12. The number of nitrogens with zero attached hydrogens (tertiary/aromatic N) is 3. The quantitative estimate of drug-likeness (QED) is 0.299. The highest BCUT2D eigenvalue weighted by atomic mass is 127. The summed E-state index contributed by atoms with van der Waals surface area (Å²) in [7, 11) is 0. The van der Waals surface area contributed by atoms with Crippen molar-refractivity contribution in [1.29, 1.82) is 0 Å². The Balaban J connectivity index is 0.00000280. The van der Waals surface area contributed by atoms with Crippen LogP contribution in [-0.2, 0) is 19.6 Å². The number of nitrogens with one attached hydrogen (secondary N) is 2. The number of aryl methyl sites for hydroxylation is 1. The summed E-state index contributed by atoms with van der Waals surface area (Å²) in [6.07, 6.45) is 5.62. The van der Waals surface area contributed by atoms with E-state index >= 15 is 0 Å². The molecular formula is C22H28IN5. The first kappa shape index (κ1) is 21.9. The fourth-order valence-electron chi connectivity index (χ4n) is 2.94. The summed E-state index contributed by atoms with van der Waals surface area (Å²) in [5.74, 6) is 0.832. The van der Waals surface area contributed by atoms with E-state index in [1.807, 2.05) is 12.5 Å². The van der Waals surface area contributed by atoms with Crippen LogP contribution in [0.1, 0.15) is 29.2 Å². The second-order valence-electron chi connectivity index (χ2n) is 6.59. The maximum atomic E-state index is 4.71. The first-order valence-electron chi connectivity index (χ1n) is 9.34. The zero-order valence-electron chi connectivity index (χ0n) is 16.4. The third kappa shape index (κ3) is 6.99. The normalized spacial score (nSPS) is 11.0. The number of aromatic nitrogens is 2. The lowest BCUT2D eigenvalue weighted by Crippen LogP contribution is -2.36. The Bertz CT molecular complexity index is 874. The monoisotopic (exact) mass is 489 g/mol. The molecule has 0 spiro atoms. The number of hydrogen-bond acceptors (Lipinski definition) is 2. The van der Waals surface area contributed by atoms with Gasteiger partial charge in [0.25, 0.3) is 0 Å². The highest BCUT2D eigenvalue weighted by Crippen LogP contribution is 2.08. The summed E-state index contributed by atoms with van der Waals surface area (Å²) < 4.78 is 2.07. The molecule has 0 saturated carbocycles. The van der Waals surface area contributed by atoms with Crippen LogP contribution in [0.15, 0.2) is 72.2 Å². The predicted octanol–water partition coefficient (Wildman–Crippen LogP) is 4.11. The molecule has 148 valence electrons. The van der Waals surface area contributed by atoms with Gasteiger partial charge in [0.15, 0.2) is 5.96 Å². The summed E-state index contributed by atoms with van der Waals surface area (Å²) in [4.78, 5) is 8.80. The van der Waals surface area contributed by atoms with Crippen molar-refractivity contribution in [3.63, 3.8) is 0 Å². The Morgan fingerprint density at radius 2 is 1.82 bits per heavy atom. The van der Waals surface area contributed by atoms with E-state index in [-0.39, 0.29) is 24.0 Å². The molecule has 2 N–H and O–H groups in total. The number of guanidine groups is 1. The SMILES string of the molecule is CCNC(=NCc1cccc(C)c1)NCc1cccc(Cn2ccnc2)c1.I. The van der Waals surface area contributed by atoms with E-state index < -0.39 is 0 Å². The van der Waals surface area contributed by atoms with E-state index in [0.717, 1.165) is 25.6 Å². The van der Waals surface area contributed by atoms with Gasteiger partial charge in [0.2, 0.25) is 0 Å². The minimum absolute atomic E-state index is 0. The molecule has 0 fully saturated rings. The minimum atomic E-state index is 0. The first-order valence-corrected chi connectivity index (χ1v) is 9.34. The molecule has 28 heavy (non-hydrogen) atoms. The number of aliphatic imine (C=N–C) groups is 1. The lowest BCUT2D eigenvalue weighted by atomic mass is 10.1. The van der Waals surface area contributed by atoms with Crippen LogP contribution in [0.25, 0.3) is 0 Å². The van der Waals surface area contributed by atoms with Crippen LogP contribution < -0.4 is 10.6 Å². The lowest BCUT2D eigenvalue weighted by molar-refractivity contribution is 0.788. The Morgan fingerprint density at radius 1 is 1.04 bits per heavy atom. The van der Waals surface area contributed by atoms with Gasteiger partial charge in [-0.25, -0.2) is 9.98 Å². The van der Waals surface area contributed by atoms with E-state index in [0.29, 0.717) is 6.54 Å². The van der Waals surface area contributed by atoms with E-state index in [9.17, 15) is 0 Å². The zero-order valence-corrected chi connectivity index (χ0v) is 18.8. The van der Waals surface area contributed by atoms with Gasteiger partial charge in [0.05, 0.1) is 12.9 Å². The molecule has 2 aromatic carbocycles. The molecule has 0 aliphatic carbocycles. The van der Waals surface area contributed by atoms with Crippen LogP contribution >= 0.6 is 24.0 Å². The van der Waals surface area contributed by atoms with Gasteiger partial charge in [-0.1, -0.05) is 54.1 Å². The maximum Gasteiger partial charge on any atom is 0.191 e. The molecule has 1 aromatic heterocycles. The third-order valence-corrected chi connectivity index (χ3v) is 4.22. The fraction of sp³-hybridized carbons (Fsp3) is 0.273. The largest absolute Gasteiger partial charge is 0.357 e. The summed E-state index contributed by atoms with van der Waals surface area (Å²) in [5, 5.41) is 6.74. The molecule has 5 nitrogen and oxygen atoms in total. The zero-order chi connectivity index (χ0) is 18.9. The van der Waals surface area contributed by atoms with Gasteiger partial charge < -0.3 is 15.2 Å². The third-order valence-electron chi connectivity index (χ3n) is 4.22. The van der Waals surface area contributed by atoms with Crippen LogP contribution in [0.5, 0.6) is 0 Å². The Morgan fingerprint density at radius 3 is 2.57 bits per heavy atom. The van der Waals surface area contributed by atoms with E-state index in [2.05, 4.69) is 82.6 Å². The summed E-state index contributed by atoms with van der Waals surface area (Å²) in [6, 6.07) is 17.1. The number of benzene rings is 2. The van der Waals surface area contributed by atoms with Crippen molar-refractivity contribution in [3.8, 4) is 0 Å². The van der Waals surface area contributed by atoms with Crippen LogP contribution in [-0.4, -0.2) is 22.1 Å². The van der Waals surface area contributed by atoms with Crippen molar-refractivity contribution in [1.82, 2.24) is 20.2 Å². The van der Waals surface area contributed by atoms with Gasteiger partial charge in [-0.15, -0.1) is 24.0 Å². The van der Waals surface area contributed by atoms with Crippen LogP contribution in [0, 0.1) is 6.92 Å². The Kier molecular flexibility index (Phi) is 9.00. The molecule has 3 rings (SSSR count). The van der Waals surface area contributed by atoms with Crippen molar-refractivity contribution < 1.29 is 0 Å². The van der Waals surface area contributed by atoms with Gasteiger partial charge in [-0.2, -0.15) is 0 Å². The standard InChI is InChI=1S/C22H27N5.HI/c1-3-24-22(25-14-19-7-4-6-18(2)12-19)26-15-20-8-5-9-21(13-20)16-27-11-10-23-17-27;/h4-13,17H,3,14-16H2,1-2H3,(H2,24,25,26);1H. The number of halogens is 1. The van der Waals surface area contributed by atoms with E-state index in [4.69, 9.17) is 4.99 Å². The number of hydrogen-bond donors (Lipinski definition) is 2. The van der Waals surface area contributed by atoms with Gasteiger partial charge in [-0.05, 0) is 30.5 Å². The maximum absolute atomic E-state index is 4.71. The van der Waals surface area contributed by atoms with Crippen molar-refractivity contribution in [2.75, 3.05) is 6.54 Å². The topological polar surface area (TPSA) is 54.2 Å². The molecule has 0 amide bonds. The first-order chi connectivity index (χ1) is 13.2. The molecule has 0 unspecified atom stereocenters. The molecule has 0 aliphatic heterocycles. The van der Waals surface area contributed by atoms with Crippen molar-refractivity contribution >= 4 is 29.9 Å². The number of imidazole rings is 1. The molecule has 0 radical (unpaired) electrons. The smallest absolute Gasteiger partial charge is 0.191 e. The average Bonchev–Trinajstić information content (AvgIpc) is 3.17. The van der Waals surface area contributed by atoms with E-state index in [1.165, 1.54) is 22.3 Å². The minimum Gasteiger partial charge on any atom is -0.357 e. The molecule has 0 saturated heterocycles. The van der Waals surface area contributed by atoms with Crippen molar-refractivity contribution in [2.45, 2.75) is 33.5 Å². The van der Waals surface area contributed by atoms with Crippen LogP contribution in [0.2, 0.25) is 0 Å². The predicted molar refractivity (Wildman–Crippen MR) is 126 cm³/mol. The van der Waals surface area contributed by atoms with Gasteiger partial charge in [0.1, 0.15) is 0 Å². The van der Waals surface area contributed by atoms with Crippen LogP contribution in [0.3, 0.4) is 0 Å². The second-order valence-corrected chi connectivity index (χ2v) is 6.59. The van der Waals surface area contributed by atoms with Gasteiger partial charge in [-0.3, -0.25) is 0 Å². The molecule has 1 heterocycles. The average molecular weight is 489 g/mol. The number of rotatable bonds is 7. The van der Waals surface area contributed by atoms with Crippen molar-refractivity contribution in [3.05, 3.63) is 89.5 Å². The summed E-state index contributed by atoms with van der Waals surface area (Å²) >= 11 is 0. The van der Waals surface area contributed by atoms with Gasteiger partial charge in [0, 0.05) is 32.0 Å². The Labute approximate surface area is 184 Å². The summed E-state index contributed by atoms with van der Waals surface area (Å²) in [5.41, 5.74) is 4.97. The molecule has 0 bridgehead atoms. The van der Waals surface area contributed by atoms with Crippen molar-refractivity contribution in [2.24, 2.45) is 4.99 Å². The molecule has 6 heteroatoms. The second kappa shape index (κ2) is 11.5. The molecular weight excluding hydrogens is 461 g/mol. The highest BCUT2D eigenvalue weighted by molar-refractivity contribution is 14.0. The molecule has 0 atom stereocenters. The highest BCUT2D eigenvalue weighted by Gasteiger charge is 2.01. The molecule has 3 aromatic rings. The van der Waals surface area contributed by atoms with E-state index in [1.54, 1.807) is 6.20 Å². The van der Waals surface area contributed by atoms with Gasteiger partial charge >= 0.3 is 0 Å². The summed E-state index contributed by atoms with van der Waals surface area (Å²) in [6.45, 7) is 7.24. The Hall–Kier alpha value is -2.35. The fourth-order valence-corrected chi connectivity index (χ4v) is 2.94.